The van der Waals surface area contributed by atoms with Crippen molar-refractivity contribution in [2.75, 3.05) is 0 Å². The van der Waals surface area contributed by atoms with E-state index in [2.05, 4.69) is 4.98 Å². The Balaban J connectivity index is 3.03. The second kappa shape index (κ2) is 3.93. The molecule has 0 radical (unpaired) electrons. The van der Waals surface area contributed by atoms with Gasteiger partial charge < -0.3 is 10.2 Å². The number of carbonyl (C=O) groups is 1. The SMILES string of the molecule is O=C(O)c1cc(S(=O)(=O)O)c2cccnc2c1O. The summed E-state index contributed by atoms with van der Waals surface area (Å²) >= 11 is 0. The Bertz CT molecular complexity index is 752. The fourth-order valence-corrected chi connectivity index (χ4v) is 2.28. The van der Waals surface area contributed by atoms with Gasteiger partial charge in [-0.1, -0.05) is 0 Å². The molecule has 0 fully saturated rings. The van der Waals surface area contributed by atoms with Gasteiger partial charge in [0.05, 0.1) is 0 Å². The zero-order valence-corrected chi connectivity index (χ0v) is 9.55. The van der Waals surface area contributed by atoms with Crippen LogP contribution < -0.4 is 0 Å². The monoisotopic (exact) mass is 269 g/mol. The Hall–Kier alpha value is -2.19. The van der Waals surface area contributed by atoms with Crippen LogP contribution in [0.15, 0.2) is 29.3 Å². The molecule has 18 heavy (non-hydrogen) atoms. The predicted molar refractivity (Wildman–Crippen MR) is 60.2 cm³/mol. The standard InChI is InChI=1S/C10H7NO6S/c12-9-6(10(13)14)4-7(18(15,16)17)5-2-1-3-11-8(5)9/h1-4,12H,(H,13,14)(H,15,16,17). The van der Waals surface area contributed by atoms with Gasteiger partial charge >= 0.3 is 5.97 Å². The maximum Gasteiger partial charge on any atom is 0.339 e. The number of carboxylic acid groups (broad SMARTS) is 1. The smallest absolute Gasteiger partial charge is 0.339 e. The third-order valence-corrected chi connectivity index (χ3v) is 3.23. The Labute approximate surface area is 101 Å². The second-order valence-electron chi connectivity index (χ2n) is 3.45. The molecule has 2 aromatic rings. The maximum atomic E-state index is 11.2. The van der Waals surface area contributed by atoms with E-state index in [9.17, 15) is 18.3 Å². The second-order valence-corrected chi connectivity index (χ2v) is 4.84. The highest BCUT2D eigenvalue weighted by atomic mass is 32.2. The highest BCUT2D eigenvalue weighted by Gasteiger charge is 2.22. The third-order valence-electron chi connectivity index (χ3n) is 2.34. The normalized spacial score (nSPS) is 11.6. The number of aromatic carboxylic acids is 1. The Morgan fingerprint density at radius 2 is 2.00 bits per heavy atom. The van der Waals surface area contributed by atoms with Gasteiger partial charge in [0.25, 0.3) is 10.1 Å². The molecular weight excluding hydrogens is 262 g/mol. The minimum Gasteiger partial charge on any atom is -0.505 e. The van der Waals surface area contributed by atoms with Crippen LogP contribution in [0.1, 0.15) is 10.4 Å². The van der Waals surface area contributed by atoms with E-state index in [1.54, 1.807) is 0 Å². The summed E-state index contributed by atoms with van der Waals surface area (Å²) in [7, 11) is -4.62. The minimum atomic E-state index is -4.62. The fraction of sp³-hybridized carbons (Fsp3) is 0. The predicted octanol–water partition coefficient (Wildman–Crippen LogP) is 0.885. The molecule has 3 N–H and O–H groups in total. The van der Waals surface area contributed by atoms with Gasteiger partial charge in [0, 0.05) is 11.6 Å². The first-order chi connectivity index (χ1) is 8.32. The molecular formula is C10H7NO6S. The van der Waals surface area contributed by atoms with Crippen molar-refractivity contribution in [1.29, 1.82) is 0 Å². The van der Waals surface area contributed by atoms with Crippen LogP contribution in [0.2, 0.25) is 0 Å². The Morgan fingerprint density at radius 1 is 1.33 bits per heavy atom. The van der Waals surface area contributed by atoms with Crippen molar-refractivity contribution in [2.45, 2.75) is 4.90 Å². The molecule has 0 saturated carbocycles. The lowest BCUT2D eigenvalue weighted by atomic mass is 10.1. The summed E-state index contributed by atoms with van der Waals surface area (Å²) in [6.45, 7) is 0. The molecule has 94 valence electrons. The van der Waals surface area contributed by atoms with Crippen LogP contribution in [0.25, 0.3) is 10.9 Å². The van der Waals surface area contributed by atoms with E-state index in [0.29, 0.717) is 6.07 Å². The first kappa shape index (κ1) is 12.3. The summed E-state index contributed by atoms with van der Waals surface area (Å²) in [5.74, 6) is -2.17. The summed E-state index contributed by atoms with van der Waals surface area (Å²) in [5.41, 5.74) is -0.848. The number of rotatable bonds is 2. The summed E-state index contributed by atoms with van der Waals surface area (Å²) < 4.78 is 31.4. The number of aromatic hydroxyl groups is 1. The van der Waals surface area contributed by atoms with Gasteiger partial charge in [-0.05, 0) is 18.2 Å². The van der Waals surface area contributed by atoms with Crippen molar-refractivity contribution in [3.8, 4) is 5.75 Å². The van der Waals surface area contributed by atoms with Crippen LogP contribution in [0, 0.1) is 0 Å². The zero-order chi connectivity index (χ0) is 13.5. The van der Waals surface area contributed by atoms with E-state index in [-0.39, 0.29) is 10.9 Å². The van der Waals surface area contributed by atoms with E-state index in [4.69, 9.17) is 9.66 Å². The molecule has 2 rings (SSSR count). The molecule has 0 aliphatic heterocycles. The molecule has 0 aliphatic carbocycles. The highest BCUT2D eigenvalue weighted by Crippen LogP contribution is 2.32. The molecule has 1 aromatic heterocycles. The van der Waals surface area contributed by atoms with Gasteiger partial charge in [0.1, 0.15) is 16.0 Å². The van der Waals surface area contributed by atoms with Crippen molar-refractivity contribution in [1.82, 2.24) is 4.98 Å². The quantitative estimate of drug-likeness (QED) is 0.691. The average Bonchev–Trinajstić information content (AvgIpc) is 2.27. The highest BCUT2D eigenvalue weighted by molar-refractivity contribution is 7.86. The van der Waals surface area contributed by atoms with Crippen LogP contribution in [0.5, 0.6) is 5.75 Å². The van der Waals surface area contributed by atoms with Crippen LogP contribution in [0.3, 0.4) is 0 Å². The molecule has 1 heterocycles. The van der Waals surface area contributed by atoms with Crippen molar-refractivity contribution in [3.05, 3.63) is 30.0 Å². The summed E-state index contributed by atoms with van der Waals surface area (Å²) in [4.78, 5) is 14.0. The number of pyridine rings is 1. The van der Waals surface area contributed by atoms with E-state index in [0.717, 1.165) is 0 Å². The topological polar surface area (TPSA) is 125 Å². The largest absolute Gasteiger partial charge is 0.505 e. The van der Waals surface area contributed by atoms with Gasteiger partial charge in [-0.3, -0.25) is 9.54 Å². The summed E-state index contributed by atoms with van der Waals surface area (Å²) in [5, 5.41) is 18.5. The van der Waals surface area contributed by atoms with Crippen LogP contribution in [0.4, 0.5) is 0 Å². The molecule has 0 atom stereocenters. The molecule has 1 aromatic carbocycles. The van der Waals surface area contributed by atoms with E-state index in [1.165, 1.54) is 18.3 Å². The zero-order valence-electron chi connectivity index (χ0n) is 8.73. The number of aromatic nitrogens is 1. The molecule has 0 unspecified atom stereocenters. The summed E-state index contributed by atoms with van der Waals surface area (Å²) in [6.07, 6.45) is 1.27. The van der Waals surface area contributed by atoms with Crippen molar-refractivity contribution < 1.29 is 28.0 Å². The van der Waals surface area contributed by atoms with E-state index in [1.807, 2.05) is 0 Å². The van der Waals surface area contributed by atoms with Crippen molar-refractivity contribution in [2.24, 2.45) is 0 Å². The van der Waals surface area contributed by atoms with E-state index >= 15 is 0 Å². The number of nitrogens with zero attached hydrogens (tertiary/aromatic N) is 1. The first-order valence-corrected chi connectivity index (χ1v) is 6.08. The number of carboxylic acids is 1. The molecule has 0 aliphatic rings. The number of hydrogen-bond acceptors (Lipinski definition) is 5. The lowest BCUT2D eigenvalue weighted by Gasteiger charge is -2.07. The third kappa shape index (κ3) is 1.87. The van der Waals surface area contributed by atoms with Crippen LogP contribution in [-0.4, -0.2) is 34.1 Å². The maximum absolute atomic E-state index is 11.2. The first-order valence-electron chi connectivity index (χ1n) is 4.64. The Kier molecular flexibility index (Phi) is 2.68. The Morgan fingerprint density at radius 3 is 2.56 bits per heavy atom. The van der Waals surface area contributed by atoms with Gasteiger partial charge in [-0.15, -0.1) is 0 Å². The molecule has 7 nitrogen and oxygen atoms in total. The van der Waals surface area contributed by atoms with Gasteiger partial charge in [0.15, 0.2) is 5.75 Å². The average molecular weight is 269 g/mol. The lowest BCUT2D eigenvalue weighted by molar-refractivity contribution is 0.0693. The number of benzene rings is 1. The van der Waals surface area contributed by atoms with Gasteiger partial charge in [-0.2, -0.15) is 8.42 Å². The molecule has 0 saturated heterocycles. The number of fused-ring (bicyclic) bond motifs is 1. The number of phenols is 1. The van der Waals surface area contributed by atoms with Gasteiger partial charge in [0.2, 0.25) is 0 Å². The molecule has 0 amide bonds. The van der Waals surface area contributed by atoms with E-state index < -0.39 is 32.3 Å². The van der Waals surface area contributed by atoms with Crippen molar-refractivity contribution >= 4 is 27.0 Å². The van der Waals surface area contributed by atoms with Crippen LogP contribution >= 0.6 is 0 Å². The summed E-state index contributed by atoms with van der Waals surface area (Å²) in [6, 6.07) is 3.39. The molecule has 0 bridgehead atoms. The fourth-order valence-electron chi connectivity index (χ4n) is 1.57. The number of hydrogen-bond donors (Lipinski definition) is 3. The minimum absolute atomic E-state index is 0.0532. The van der Waals surface area contributed by atoms with Crippen LogP contribution in [-0.2, 0) is 10.1 Å². The van der Waals surface area contributed by atoms with Gasteiger partial charge in [-0.25, -0.2) is 4.79 Å². The molecule has 8 heteroatoms. The molecule has 0 spiro atoms. The van der Waals surface area contributed by atoms with Crippen molar-refractivity contribution in [3.63, 3.8) is 0 Å². The lowest BCUT2D eigenvalue weighted by Crippen LogP contribution is -2.05.